The SMILES string of the molecule is CN(c1nsc2ccccc12)[C@H]1CCCNC1. The molecule has 1 saturated heterocycles. The Balaban J connectivity index is 1.92. The Labute approximate surface area is 106 Å². The fraction of sp³-hybridized carbons (Fsp3) is 0.462. The highest BCUT2D eigenvalue weighted by Crippen LogP contribution is 2.30. The van der Waals surface area contributed by atoms with Crippen LogP contribution in [0.1, 0.15) is 12.8 Å². The van der Waals surface area contributed by atoms with E-state index in [4.69, 9.17) is 0 Å². The minimum Gasteiger partial charge on any atom is -0.354 e. The maximum Gasteiger partial charge on any atom is 0.150 e. The molecule has 2 heterocycles. The van der Waals surface area contributed by atoms with E-state index in [0.29, 0.717) is 6.04 Å². The number of anilines is 1. The number of rotatable bonds is 2. The third-order valence-corrected chi connectivity index (χ3v) is 4.33. The van der Waals surface area contributed by atoms with Gasteiger partial charge in [-0.3, -0.25) is 0 Å². The van der Waals surface area contributed by atoms with Gasteiger partial charge in [0.25, 0.3) is 0 Å². The molecule has 0 saturated carbocycles. The van der Waals surface area contributed by atoms with E-state index < -0.39 is 0 Å². The first-order valence-electron chi connectivity index (χ1n) is 6.14. The molecule has 0 radical (unpaired) electrons. The van der Waals surface area contributed by atoms with Crippen LogP contribution in [-0.2, 0) is 0 Å². The Bertz CT molecular complexity index is 502. The summed E-state index contributed by atoms with van der Waals surface area (Å²) in [6, 6.07) is 9.05. The van der Waals surface area contributed by atoms with E-state index in [1.165, 1.54) is 22.9 Å². The molecule has 1 aliphatic rings. The largest absolute Gasteiger partial charge is 0.354 e. The monoisotopic (exact) mass is 247 g/mol. The highest BCUT2D eigenvalue weighted by atomic mass is 32.1. The van der Waals surface area contributed by atoms with E-state index in [9.17, 15) is 0 Å². The number of benzene rings is 1. The van der Waals surface area contributed by atoms with Crippen molar-refractivity contribution in [2.75, 3.05) is 25.0 Å². The number of likely N-dealkylation sites (N-methyl/N-ethyl adjacent to an activating group) is 1. The third kappa shape index (κ3) is 2.03. The van der Waals surface area contributed by atoms with Crippen LogP contribution < -0.4 is 10.2 Å². The maximum atomic E-state index is 4.61. The predicted molar refractivity (Wildman–Crippen MR) is 73.9 cm³/mol. The number of hydrogen-bond donors (Lipinski definition) is 1. The highest BCUT2D eigenvalue weighted by molar-refractivity contribution is 7.13. The van der Waals surface area contributed by atoms with E-state index in [2.05, 4.69) is 45.9 Å². The van der Waals surface area contributed by atoms with Crippen molar-refractivity contribution in [3.8, 4) is 0 Å². The van der Waals surface area contributed by atoms with Crippen LogP contribution in [0.4, 0.5) is 5.82 Å². The molecule has 4 heteroatoms. The van der Waals surface area contributed by atoms with Crippen LogP contribution in [0.5, 0.6) is 0 Å². The Morgan fingerprint density at radius 1 is 1.41 bits per heavy atom. The van der Waals surface area contributed by atoms with Gasteiger partial charge in [-0.1, -0.05) is 12.1 Å². The first-order valence-corrected chi connectivity index (χ1v) is 6.91. The van der Waals surface area contributed by atoms with Crippen molar-refractivity contribution in [2.45, 2.75) is 18.9 Å². The van der Waals surface area contributed by atoms with Crippen LogP contribution in [0.25, 0.3) is 10.1 Å². The lowest BCUT2D eigenvalue weighted by atomic mass is 10.1. The number of piperidine rings is 1. The molecule has 0 amide bonds. The summed E-state index contributed by atoms with van der Waals surface area (Å²) in [5.41, 5.74) is 0. The Kier molecular flexibility index (Phi) is 2.99. The van der Waals surface area contributed by atoms with Gasteiger partial charge in [0.2, 0.25) is 0 Å². The molecule has 0 spiro atoms. The molecule has 17 heavy (non-hydrogen) atoms. The van der Waals surface area contributed by atoms with Gasteiger partial charge in [-0.2, -0.15) is 4.37 Å². The van der Waals surface area contributed by atoms with Crippen LogP contribution in [0, 0.1) is 0 Å². The van der Waals surface area contributed by atoms with Crippen molar-refractivity contribution in [1.82, 2.24) is 9.69 Å². The normalized spacial score (nSPS) is 20.6. The van der Waals surface area contributed by atoms with Gasteiger partial charge in [0.05, 0.1) is 4.70 Å². The summed E-state index contributed by atoms with van der Waals surface area (Å²) in [5.74, 6) is 1.14. The summed E-state index contributed by atoms with van der Waals surface area (Å²) in [4.78, 5) is 2.34. The van der Waals surface area contributed by atoms with Gasteiger partial charge in [-0.15, -0.1) is 0 Å². The number of nitrogens with one attached hydrogen (secondary N) is 1. The number of hydrogen-bond acceptors (Lipinski definition) is 4. The molecular weight excluding hydrogens is 230 g/mol. The topological polar surface area (TPSA) is 28.2 Å². The van der Waals surface area contributed by atoms with E-state index in [1.807, 2.05) is 0 Å². The van der Waals surface area contributed by atoms with Crippen molar-refractivity contribution in [3.05, 3.63) is 24.3 Å². The lowest BCUT2D eigenvalue weighted by Crippen LogP contribution is -2.44. The van der Waals surface area contributed by atoms with Gasteiger partial charge < -0.3 is 10.2 Å². The summed E-state index contributed by atoms with van der Waals surface area (Å²) < 4.78 is 5.89. The second kappa shape index (κ2) is 4.63. The average Bonchev–Trinajstić information content (AvgIpc) is 2.83. The smallest absolute Gasteiger partial charge is 0.150 e. The van der Waals surface area contributed by atoms with Gasteiger partial charge >= 0.3 is 0 Å². The van der Waals surface area contributed by atoms with Gasteiger partial charge in [0.15, 0.2) is 0 Å². The molecule has 1 aromatic carbocycles. The third-order valence-electron chi connectivity index (χ3n) is 3.51. The zero-order valence-electron chi connectivity index (χ0n) is 10.0. The first kappa shape index (κ1) is 11.0. The van der Waals surface area contributed by atoms with Gasteiger partial charge in [0, 0.05) is 25.0 Å². The number of nitrogens with zero attached hydrogens (tertiary/aromatic N) is 2. The van der Waals surface area contributed by atoms with Crippen LogP contribution in [0.2, 0.25) is 0 Å². The fourth-order valence-electron chi connectivity index (χ4n) is 2.46. The molecule has 1 fully saturated rings. The van der Waals surface area contributed by atoms with Crippen molar-refractivity contribution in [1.29, 1.82) is 0 Å². The van der Waals surface area contributed by atoms with Gasteiger partial charge in [-0.05, 0) is 43.1 Å². The van der Waals surface area contributed by atoms with Crippen molar-refractivity contribution in [2.24, 2.45) is 0 Å². The van der Waals surface area contributed by atoms with Crippen molar-refractivity contribution < 1.29 is 0 Å². The molecule has 0 aliphatic carbocycles. The van der Waals surface area contributed by atoms with Gasteiger partial charge in [0.1, 0.15) is 5.82 Å². The summed E-state index contributed by atoms with van der Waals surface area (Å²) in [7, 11) is 2.17. The molecule has 0 unspecified atom stereocenters. The molecular formula is C13H17N3S. The van der Waals surface area contributed by atoms with Gasteiger partial charge in [-0.25, -0.2) is 0 Å². The highest BCUT2D eigenvalue weighted by Gasteiger charge is 2.21. The molecule has 3 rings (SSSR count). The van der Waals surface area contributed by atoms with Crippen LogP contribution in [-0.4, -0.2) is 30.6 Å². The van der Waals surface area contributed by atoms with E-state index in [0.717, 1.165) is 18.9 Å². The quantitative estimate of drug-likeness (QED) is 0.883. The van der Waals surface area contributed by atoms with Crippen molar-refractivity contribution >= 4 is 27.4 Å². The van der Waals surface area contributed by atoms with E-state index in [-0.39, 0.29) is 0 Å². The second-order valence-electron chi connectivity index (χ2n) is 4.61. The molecule has 90 valence electrons. The minimum atomic E-state index is 0.578. The number of aromatic nitrogens is 1. The average molecular weight is 247 g/mol. The summed E-state index contributed by atoms with van der Waals surface area (Å²) in [6.45, 7) is 2.23. The Hall–Kier alpha value is -1.13. The fourth-order valence-corrected chi connectivity index (χ4v) is 3.27. The molecule has 1 N–H and O–H groups in total. The lowest BCUT2D eigenvalue weighted by molar-refractivity contribution is 0.444. The van der Waals surface area contributed by atoms with Crippen molar-refractivity contribution in [3.63, 3.8) is 0 Å². The lowest BCUT2D eigenvalue weighted by Gasteiger charge is -2.32. The van der Waals surface area contributed by atoms with E-state index >= 15 is 0 Å². The summed E-state index contributed by atoms with van der Waals surface area (Å²) in [5, 5.41) is 4.74. The van der Waals surface area contributed by atoms with Crippen LogP contribution in [0.3, 0.4) is 0 Å². The first-order chi connectivity index (χ1) is 8.36. The van der Waals surface area contributed by atoms with Crippen LogP contribution in [0.15, 0.2) is 24.3 Å². The molecule has 1 atom stereocenters. The summed E-state index contributed by atoms with van der Waals surface area (Å²) in [6.07, 6.45) is 2.52. The zero-order chi connectivity index (χ0) is 11.7. The molecule has 3 nitrogen and oxygen atoms in total. The second-order valence-corrected chi connectivity index (χ2v) is 5.42. The molecule has 0 bridgehead atoms. The minimum absolute atomic E-state index is 0.578. The van der Waals surface area contributed by atoms with E-state index in [1.54, 1.807) is 11.5 Å². The Morgan fingerprint density at radius 2 is 2.29 bits per heavy atom. The van der Waals surface area contributed by atoms with Crippen LogP contribution >= 0.6 is 11.5 Å². The molecule has 1 aromatic heterocycles. The molecule has 1 aliphatic heterocycles. The zero-order valence-corrected chi connectivity index (χ0v) is 10.8. The standard InChI is InChI=1S/C13H17N3S/c1-16(10-5-4-8-14-9-10)13-11-6-2-3-7-12(11)17-15-13/h2-3,6-7,10,14H,4-5,8-9H2,1H3/t10-/m0/s1. The molecule has 2 aromatic rings. The summed E-state index contributed by atoms with van der Waals surface area (Å²) >= 11 is 1.59. The maximum absolute atomic E-state index is 4.61. The number of fused-ring (bicyclic) bond motifs is 1. The predicted octanol–water partition coefficient (Wildman–Crippen LogP) is 2.48. The Morgan fingerprint density at radius 3 is 3.12 bits per heavy atom.